The molecule has 2 aromatic carbocycles. The first-order chi connectivity index (χ1) is 12.6. The lowest BCUT2D eigenvalue weighted by atomic mass is 9.77. The molecule has 0 N–H and O–H groups in total. The minimum Gasteiger partial charge on any atom is -0.489 e. The lowest BCUT2D eigenvalue weighted by molar-refractivity contribution is 0.306. The minimum atomic E-state index is -0.426. The van der Waals surface area contributed by atoms with Gasteiger partial charge in [-0.1, -0.05) is 42.5 Å². The predicted molar refractivity (Wildman–Crippen MR) is 100 cm³/mol. The van der Waals surface area contributed by atoms with E-state index >= 15 is 0 Å². The van der Waals surface area contributed by atoms with Gasteiger partial charge in [0.15, 0.2) is 0 Å². The lowest BCUT2D eigenvalue weighted by Gasteiger charge is -2.26. The molecule has 0 fully saturated rings. The van der Waals surface area contributed by atoms with E-state index in [1.807, 2.05) is 68.4 Å². The molecule has 1 heterocycles. The molecule has 0 amide bonds. The fourth-order valence-corrected chi connectivity index (χ4v) is 3.22. The van der Waals surface area contributed by atoms with E-state index in [1.54, 1.807) is 0 Å². The molecular formula is C22H19N3O. The standard InChI is InChI=1S/C22H19N3O/c1-15-20(12-23)22(21(13-24)16(2)25-15)18-8-10-19(11-9-18)26-14-17-6-4-3-5-7-17/h3-11,20,22H,14H2,1-2H3. The van der Waals surface area contributed by atoms with Crippen molar-refractivity contribution in [3.8, 4) is 17.9 Å². The number of allylic oxidation sites excluding steroid dienone is 2. The Morgan fingerprint density at radius 3 is 2.31 bits per heavy atom. The van der Waals surface area contributed by atoms with Crippen molar-refractivity contribution in [1.29, 1.82) is 10.5 Å². The van der Waals surface area contributed by atoms with Crippen molar-refractivity contribution in [2.75, 3.05) is 0 Å². The van der Waals surface area contributed by atoms with Gasteiger partial charge in [-0.2, -0.15) is 10.5 Å². The second-order valence-corrected chi connectivity index (χ2v) is 6.29. The Hall–Kier alpha value is -3.37. The number of hydrogen-bond donors (Lipinski definition) is 0. The Kier molecular flexibility index (Phi) is 5.15. The first-order valence-electron chi connectivity index (χ1n) is 8.46. The van der Waals surface area contributed by atoms with Crippen LogP contribution in [-0.4, -0.2) is 5.71 Å². The molecule has 2 unspecified atom stereocenters. The third-order valence-electron chi connectivity index (χ3n) is 4.58. The van der Waals surface area contributed by atoms with Gasteiger partial charge in [-0.15, -0.1) is 0 Å². The number of nitriles is 2. The number of ether oxygens (including phenoxy) is 1. The summed E-state index contributed by atoms with van der Waals surface area (Å²) in [6.45, 7) is 4.16. The maximum absolute atomic E-state index is 9.57. The van der Waals surface area contributed by atoms with Gasteiger partial charge in [-0.3, -0.25) is 4.99 Å². The second-order valence-electron chi connectivity index (χ2n) is 6.29. The van der Waals surface area contributed by atoms with E-state index in [-0.39, 0.29) is 5.92 Å². The van der Waals surface area contributed by atoms with E-state index in [0.717, 1.165) is 22.6 Å². The summed E-state index contributed by atoms with van der Waals surface area (Å²) in [6.07, 6.45) is 0. The van der Waals surface area contributed by atoms with E-state index in [9.17, 15) is 10.5 Å². The molecule has 2 atom stereocenters. The van der Waals surface area contributed by atoms with Gasteiger partial charge in [0, 0.05) is 11.6 Å². The van der Waals surface area contributed by atoms with Gasteiger partial charge >= 0.3 is 0 Å². The van der Waals surface area contributed by atoms with Crippen molar-refractivity contribution in [3.63, 3.8) is 0 Å². The van der Waals surface area contributed by atoms with Gasteiger partial charge in [0.2, 0.25) is 0 Å². The Labute approximate surface area is 153 Å². The number of aliphatic imine (C=N–C) groups is 1. The molecule has 0 saturated heterocycles. The predicted octanol–water partition coefficient (Wildman–Crippen LogP) is 4.76. The van der Waals surface area contributed by atoms with Crippen LogP contribution in [0.2, 0.25) is 0 Å². The Bertz CT molecular complexity index is 928. The van der Waals surface area contributed by atoms with Crippen LogP contribution in [0.4, 0.5) is 0 Å². The Morgan fingerprint density at radius 1 is 1.00 bits per heavy atom. The topological polar surface area (TPSA) is 69.2 Å². The first-order valence-corrected chi connectivity index (χ1v) is 8.46. The summed E-state index contributed by atoms with van der Waals surface area (Å²) in [5, 5.41) is 19.1. The highest BCUT2D eigenvalue weighted by atomic mass is 16.5. The largest absolute Gasteiger partial charge is 0.489 e. The summed E-state index contributed by atoms with van der Waals surface area (Å²) in [5.74, 6) is 0.0432. The van der Waals surface area contributed by atoms with Crippen molar-refractivity contribution >= 4 is 5.71 Å². The fraction of sp³-hybridized carbons (Fsp3) is 0.227. The molecular weight excluding hydrogens is 322 g/mol. The molecule has 0 aliphatic carbocycles. The molecule has 26 heavy (non-hydrogen) atoms. The van der Waals surface area contributed by atoms with Crippen molar-refractivity contribution in [1.82, 2.24) is 0 Å². The Morgan fingerprint density at radius 2 is 1.69 bits per heavy atom. The lowest BCUT2D eigenvalue weighted by Crippen LogP contribution is -2.24. The van der Waals surface area contributed by atoms with Crippen LogP contribution in [0.1, 0.15) is 30.9 Å². The van der Waals surface area contributed by atoms with Gasteiger partial charge in [0.1, 0.15) is 12.4 Å². The highest BCUT2D eigenvalue weighted by Crippen LogP contribution is 2.38. The number of hydrogen-bond acceptors (Lipinski definition) is 4. The molecule has 1 aliphatic heterocycles. The zero-order valence-corrected chi connectivity index (χ0v) is 14.8. The monoisotopic (exact) mass is 341 g/mol. The zero-order valence-electron chi connectivity index (χ0n) is 14.8. The molecule has 0 radical (unpaired) electrons. The van der Waals surface area contributed by atoms with Gasteiger partial charge in [0.25, 0.3) is 0 Å². The van der Waals surface area contributed by atoms with E-state index in [1.165, 1.54) is 0 Å². The number of rotatable bonds is 4. The first kappa shape index (κ1) is 17.5. The quantitative estimate of drug-likeness (QED) is 0.805. The maximum atomic E-state index is 9.57. The Balaban J connectivity index is 1.82. The summed E-state index contributed by atoms with van der Waals surface area (Å²) in [7, 11) is 0. The minimum absolute atomic E-state index is 0.286. The molecule has 0 saturated carbocycles. The van der Waals surface area contributed by atoms with Gasteiger partial charge in [-0.05, 0) is 37.1 Å². The van der Waals surface area contributed by atoms with Crippen LogP contribution >= 0.6 is 0 Å². The highest BCUT2D eigenvalue weighted by molar-refractivity contribution is 5.90. The highest BCUT2D eigenvalue weighted by Gasteiger charge is 2.33. The molecule has 0 aromatic heterocycles. The molecule has 0 bridgehead atoms. The summed E-state index contributed by atoms with van der Waals surface area (Å²) >= 11 is 0. The number of benzene rings is 2. The second kappa shape index (κ2) is 7.68. The van der Waals surface area contributed by atoms with Gasteiger partial charge in [0.05, 0.1) is 29.3 Å². The summed E-state index contributed by atoms with van der Waals surface area (Å²) in [5.41, 5.74) is 4.02. The third kappa shape index (κ3) is 3.50. The molecule has 4 nitrogen and oxygen atoms in total. The molecule has 2 aromatic rings. The van der Waals surface area contributed by atoms with Crippen LogP contribution in [-0.2, 0) is 6.61 Å². The maximum Gasteiger partial charge on any atom is 0.119 e. The van der Waals surface area contributed by atoms with Crippen molar-refractivity contribution in [3.05, 3.63) is 77.0 Å². The average Bonchev–Trinajstić information content (AvgIpc) is 2.67. The van der Waals surface area contributed by atoms with Gasteiger partial charge in [-0.25, -0.2) is 0 Å². The normalized spacial score (nSPS) is 19.3. The van der Waals surface area contributed by atoms with Crippen LogP contribution in [0, 0.1) is 28.6 Å². The van der Waals surface area contributed by atoms with Crippen molar-refractivity contribution < 1.29 is 4.74 Å². The zero-order chi connectivity index (χ0) is 18.5. The van der Waals surface area contributed by atoms with Crippen LogP contribution in [0.15, 0.2) is 70.9 Å². The van der Waals surface area contributed by atoms with E-state index in [0.29, 0.717) is 17.9 Å². The van der Waals surface area contributed by atoms with Crippen molar-refractivity contribution in [2.45, 2.75) is 26.4 Å². The van der Waals surface area contributed by atoms with Crippen molar-refractivity contribution in [2.24, 2.45) is 10.9 Å². The third-order valence-corrected chi connectivity index (χ3v) is 4.58. The summed E-state index contributed by atoms with van der Waals surface area (Å²) in [4.78, 5) is 4.37. The SMILES string of the molecule is CC1=NC(C)=C(C#N)C(c2ccc(OCc3ccccc3)cc2)C1C#N. The fourth-order valence-electron chi connectivity index (χ4n) is 3.22. The van der Waals surface area contributed by atoms with E-state index < -0.39 is 5.92 Å². The molecule has 1 aliphatic rings. The molecule has 128 valence electrons. The van der Waals surface area contributed by atoms with E-state index in [2.05, 4.69) is 17.1 Å². The average molecular weight is 341 g/mol. The van der Waals surface area contributed by atoms with Crippen LogP contribution in [0.5, 0.6) is 5.75 Å². The number of nitrogens with zero attached hydrogens (tertiary/aromatic N) is 3. The van der Waals surface area contributed by atoms with E-state index in [4.69, 9.17) is 4.74 Å². The van der Waals surface area contributed by atoms with Crippen LogP contribution < -0.4 is 4.74 Å². The molecule has 0 spiro atoms. The smallest absolute Gasteiger partial charge is 0.119 e. The molecule has 3 rings (SSSR count). The molecule has 4 heteroatoms. The van der Waals surface area contributed by atoms with Gasteiger partial charge < -0.3 is 4.74 Å². The summed E-state index contributed by atoms with van der Waals surface area (Å²) < 4.78 is 5.82. The van der Waals surface area contributed by atoms with Crippen LogP contribution in [0.25, 0.3) is 0 Å². The summed E-state index contributed by atoms with van der Waals surface area (Å²) in [6, 6.07) is 22.1. The van der Waals surface area contributed by atoms with Crippen LogP contribution in [0.3, 0.4) is 0 Å².